The molecule has 1 fully saturated rings. The van der Waals surface area contributed by atoms with Crippen molar-refractivity contribution >= 4 is 35.3 Å². The molecule has 1 saturated heterocycles. The van der Waals surface area contributed by atoms with E-state index in [0.717, 1.165) is 0 Å². The maximum Gasteiger partial charge on any atom is 0.387 e. The van der Waals surface area contributed by atoms with Crippen molar-refractivity contribution in [1.82, 2.24) is 5.32 Å². The van der Waals surface area contributed by atoms with Gasteiger partial charge in [0.05, 0.1) is 0 Å². The fourth-order valence-corrected chi connectivity index (χ4v) is 3.87. The summed E-state index contributed by atoms with van der Waals surface area (Å²) in [6, 6.07) is 11.1. The minimum atomic E-state index is -2.90. The van der Waals surface area contributed by atoms with Gasteiger partial charge in [-0.2, -0.15) is 20.5 Å². The molecule has 0 unspecified atom stereocenters. The van der Waals surface area contributed by atoms with Crippen molar-refractivity contribution in [2.75, 3.05) is 23.9 Å². The van der Waals surface area contributed by atoms with Gasteiger partial charge in [-0.25, -0.2) is 0 Å². The molecule has 1 aliphatic heterocycles. The van der Waals surface area contributed by atoms with E-state index in [1.54, 1.807) is 30.3 Å². The predicted octanol–water partition coefficient (Wildman–Crippen LogP) is 4.67. The minimum absolute atomic E-state index is 0.0180. The first-order valence-corrected chi connectivity index (χ1v) is 11.3. The molecule has 2 aromatic rings. The lowest BCUT2D eigenvalue weighted by Crippen LogP contribution is -2.51. The lowest BCUT2D eigenvalue weighted by molar-refractivity contribution is -0.0498. The van der Waals surface area contributed by atoms with E-state index < -0.39 is 6.61 Å². The van der Waals surface area contributed by atoms with Gasteiger partial charge >= 0.3 is 6.61 Å². The van der Waals surface area contributed by atoms with Crippen LogP contribution in [-0.2, 0) is 0 Å². The summed E-state index contributed by atoms with van der Waals surface area (Å²) in [6.45, 7) is 3.12. The first-order chi connectivity index (χ1) is 15.2. The Morgan fingerprint density at radius 3 is 2.47 bits per heavy atom. The molecule has 0 aromatic heterocycles. The highest BCUT2D eigenvalue weighted by atomic mass is 32.2. The van der Waals surface area contributed by atoms with E-state index in [0.29, 0.717) is 34.3 Å². The Labute approximate surface area is 192 Å². The number of alkyl halides is 2. The van der Waals surface area contributed by atoms with Crippen molar-refractivity contribution in [1.29, 1.82) is 0 Å². The molecule has 2 aromatic carbocycles. The highest BCUT2D eigenvalue weighted by molar-refractivity contribution is 8.00. The summed E-state index contributed by atoms with van der Waals surface area (Å²) in [4.78, 5) is 15.3. The van der Waals surface area contributed by atoms with Crippen molar-refractivity contribution in [2.45, 2.75) is 39.0 Å². The van der Waals surface area contributed by atoms with Gasteiger partial charge in [-0.05, 0) is 58.2 Å². The van der Waals surface area contributed by atoms with Crippen LogP contribution in [0.15, 0.2) is 47.5 Å². The molecule has 0 amide bonds. The molecule has 0 aliphatic carbocycles. The lowest BCUT2D eigenvalue weighted by atomic mass is 10.1. The van der Waals surface area contributed by atoms with Gasteiger partial charge in [-0.3, -0.25) is 9.79 Å². The zero-order valence-electron chi connectivity index (χ0n) is 18.7. The maximum absolute atomic E-state index is 12.3. The number of nitrogens with one attached hydrogen (secondary N) is 2. The summed E-state index contributed by atoms with van der Waals surface area (Å²) >= 11 is 2.01. The van der Waals surface area contributed by atoms with Crippen LogP contribution < -0.4 is 21.1 Å². The molecule has 32 heavy (non-hydrogen) atoms. The number of halogens is 2. The second-order valence-corrected chi connectivity index (χ2v) is 8.85. The molecule has 0 atom stereocenters. The molecule has 6 nitrogen and oxygen atoms in total. The Morgan fingerprint density at radius 2 is 1.97 bits per heavy atom. The van der Waals surface area contributed by atoms with Crippen LogP contribution in [0.5, 0.6) is 5.75 Å². The number of aldehydes is 1. The van der Waals surface area contributed by atoms with Crippen LogP contribution in [0.2, 0.25) is 0 Å². The number of thioether (sulfide) groups is 1. The normalized spacial score (nSPS) is 14.9. The summed E-state index contributed by atoms with van der Waals surface area (Å²) < 4.78 is 29.1. The van der Waals surface area contributed by atoms with Crippen LogP contribution in [0, 0.1) is 0 Å². The molecule has 4 N–H and O–H groups in total. The number of hydrogen-bond donors (Lipinski definition) is 3. The highest BCUT2D eigenvalue weighted by Gasteiger charge is 2.29. The molecule has 174 valence electrons. The quantitative estimate of drug-likeness (QED) is 0.299. The SMILES string of the molecule is CC(C)N=C(N)c1cc(C=O)ccc1Nc1cccc(OC(F)F)c1.CNC1(C)CSC1. The van der Waals surface area contributed by atoms with E-state index in [2.05, 4.69) is 27.3 Å². The van der Waals surface area contributed by atoms with Crippen molar-refractivity contribution < 1.29 is 18.3 Å². The number of aliphatic imine (C=N–C) groups is 1. The number of anilines is 2. The van der Waals surface area contributed by atoms with Gasteiger partial charge in [0.15, 0.2) is 0 Å². The lowest BCUT2D eigenvalue weighted by Gasteiger charge is -2.37. The molecule has 0 spiro atoms. The molecule has 0 radical (unpaired) electrons. The minimum Gasteiger partial charge on any atom is -0.435 e. The molecular formula is C23H30F2N4O2S. The van der Waals surface area contributed by atoms with Gasteiger partial charge in [0.2, 0.25) is 0 Å². The fourth-order valence-electron chi connectivity index (χ4n) is 2.76. The van der Waals surface area contributed by atoms with Gasteiger partial charge in [0.1, 0.15) is 17.9 Å². The third-order valence-electron chi connectivity index (χ3n) is 4.64. The van der Waals surface area contributed by atoms with Crippen molar-refractivity contribution in [3.63, 3.8) is 0 Å². The van der Waals surface area contributed by atoms with Gasteiger partial charge in [0.25, 0.3) is 0 Å². The Bertz CT molecular complexity index is 928. The zero-order valence-corrected chi connectivity index (χ0v) is 19.5. The molecule has 1 aliphatic rings. The number of nitrogens with zero attached hydrogens (tertiary/aromatic N) is 1. The summed E-state index contributed by atoms with van der Waals surface area (Å²) in [5.41, 5.74) is 8.66. The Morgan fingerprint density at radius 1 is 1.25 bits per heavy atom. The number of carbonyl (C=O) groups excluding carboxylic acids is 1. The van der Waals surface area contributed by atoms with E-state index in [1.165, 1.54) is 23.6 Å². The number of benzene rings is 2. The highest BCUT2D eigenvalue weighted by Crippen LogP contribution is 2.28. The molecule has 9 heteroatoms. The molecule has 0 bridgehead atoms. The summed E-state index contributed by atoms with van der Waals surface area (Å²) in [5, 5.41) is 6.35. The average Bonchev–Trinajstić information content (AvgIpc) is 2.72. The maximum atomic E-state index is 12.3. The second kappa shape index (κ2) is 11.8. The Balaban J connectivity index is 0.000000439. The van der Waals surface area contributed by atoms with Gasteiger partial charge in [0, 0.05) is 51.7 Å². The van der Waals surface area contributed by atoms with E-state index >= 15 is 0 Å². The van der Waals surface area contributed by atoms with Crippen LogP contribution >= 0.6 is 11.8 Å². The van der Waals surface area contributed by atoms with Crippen LogP contribution in [0.4, 0.5) is 20.2 Å². The van der Waals surface area contributed by atoms with E-state index in [4.69, 9.17) is 5.73 Å². The van der Waals surface area contributed by atoms with Crippen molar-refractivity contribution in [2.24, 2.45) is 10.7 Å². The third kappa shape index (κ3) is 7.80. The third-order valence-corrected chi connectivity index (χ3v) is 6.32. The van der Waals surface area contributed by atoms with Crippen LogP contribution in [0.25, 0.3) is 0 Å². The largest absolute Gasteiger partial charge is 0.435 e. The van der Waals surface area contributed by atoms with Crippen molar-refractivity contribution in [3.05, 3.63) is 53.6 Å². The Kier molecular flexibility index (Phi) is 9.46. The fraction of sp³-hybridized carbons (Fsp3) is 0.391. The number of rotatable bonds is 8. The first-order valence-electron chi connectivity index (χ1n) is 10.2. The molecule has 3 rings (SSSR count). The topological polar surface area (TPSA) is 88.7 Å². The molecular weight excluding hydrogens is 434 g/mol. The van der Waals surface area contributed by atoms with Gasteiger partial charge in [-0.15, -0.1) is 0 Å². The number of hydrogen-bond acceptors (Lipinski definition) is 6. The van der Waals surface area contributed by atoms with E-state index in [-0.39, 0.29) is 17.6 Å². The van der Waals surface area contributed by atoms with Gasteiger partial charge in [-0.1, -0.05) is 6.07 Å². The van der Waals surface area contributed by atoms with Crippen LogP contribution in [-0.4, -0.2) is 48.9 Å². The smallest absolute Gasteiger partial charge is 0.387 e. The standard InChI is InChI=1S/C18H19F2N3O2.C5H11NS/c1-11(2)22-17(21)15-8-12(10-24)6-7-16(15)23-13-4-3-5-14(9-13)25-18(19)20;1-5(6-2)3-7-4-5/h3-11,18,23H,1-2H3,(H2,21,22);6H,3-4H2,1-2H3. The number of ether oxygens (including phenoxy) is 1. The summed E-state index contributed by atoms with van der Waals surface area (Å²) in [5.74, 6) is 2.88. The zero-order chi connectivity index (χ0) is 23.7. The number of amidine groups is 1. The van der Waals surface area contributed by atoms with Crippen molar-refractivity contribution in [3.8, 4) is 5.75 Å². The summed E-state index contributed by atoms with van der Waals surface area (Å²) in [6.07, 6.45) is 0.715. The average molecular weight is 465 g/mol. The van der Waals surface area contributed by atoms with Crippen LogP contribution in [0.3, 0.4) is 0 Å². The number of carbonyl (C=O) groups is 1. The van der Waals surface area contributed by atoms with Crippen LogP contribution in [0.1, 0.15) is 36.7 Å². The number of nitrogens with two attached hydrogens (primary N) is 1. The van der Waals surface area contributed by atoms with Gasteiger partial charge < -0.3 is 21.1 Å². The Hall–Kier alpha value is -2.65. The second-order valence-electron chi connectivity index (χ2n) is 7.87. The summed E-state index contributed by atoms with van der Waals surface area (Å²) in [7, 11) is 2.03. The molecule has 0 saturated carbocycles. The predicted molar refractivity (Wildman–Crippen MR) is 129 cm³/mol. The van der Waals surface area contributed by atoms with E-state index in [9.17, 15) is 13.6 Å². The monoisotopic (exact) mass is 464 g/mol. The molecule has 1 heterocycles. The van der Waals surface area contributed by atoms with E-state index in [1.807, 2.05) is 32.7 Å². The first kappa shape index (κ1) is 25.6.